The molecule has 0 aliphatic rings. The van der Waals surface area contributed by atoms with Crippen LogP contribution in [0.5, 0.6) is 17.4 Å². The second-order valence-electron chi connectivity index (χ2n) is 2.51. The van der Waals surface area contributed by atoms with Gasteiger partial charge in [-0.2, -0.15) is 0 Å². The van der Waals surface area contributed by atoms with E-state index >= 15 is 0 Å². The van der Waals surface area contributed by atoms with E-state index in [2.05, 4.69) is 4.98 Å². The molecule has 0 aliphatic carbocycles. The molecule has 1 rings (SSSR count). The predicted octanol–water partition coefficient (Wildman–Crippen LogP) is 1.42. The van der Waals surface area contributed by atoms with Gasteiger partial charge in [0.1, 0.15) is 0 Å². The van der Waals surface area contributed by atoms with E-state index in [1.807, 2.05) is 6.92 Å². The highest BCUT2D eigenvalue weighted by molar-refractivity contribution is 5.48. The highest BCUT2D eigenvalue weighted by atomic mass is 16.5. The van der Waals surface area contributed by atoms with Crippen molar-refractivity contribution in [2.45, 2.75) is 6.92 Å². The van der Waals surface area contributed by atoms with E-state index in [0.29, 0.717) is 17.4 Å². The van der Waals surface area contributed by atoms with Crippen molar-refractivity contribution in [3.05, 3.63) is 11.8 Å². The lowest BCUT2D eigenvalue weighted by Gasteiger charge is -2.11. The van der Waals surface area contributed by atoms with E-state index in [4.69, 9.17) is 14.2 Å². The summed E-state index contributed by atoms with van der Waals surface area (Å²) in [7, 11) is 4.68. The molecule has 0 aliphatic heterocycles. The summed E-state index contributed by atoms with van der Waals surface area (Å²) in [5.74, 6) is 1.60. The molecule has 1 aromatic heterocycles. The molecule has 0 atom stereocenters. The Labute approximate surface area is 77.5 Å². The zero-order chi connectivity index (χ0) is 9.84. The number of aryl methyl sites for hydroxylation is 1. The predicted molar refractivity (Wildman–Crippen MR) is 48.6 cm³/mol. The van der Waals surface area contributed by atoms with E-state index < -0.39 is 0 Å². The van der Waals surface area contributed by atoms with Gasteiger partial charge in [-0.3, -0.25) is 0 Å². The van der Waals surface area contributed by atoms with Gasteiger partial charge in [0.25, 0.3) is 5.88 Å². The highest BCUT2D eigenvalue weighted by Gasteiger charge is 2.12. The van der Waals surface area contributed by atoms with Crippen molar-refractivity contribution in [3.63, 3.8) is 0 Å². The third-order valence-corrected chi connectivity index (χ3v) is 1.65. The summed E-state index contributed by atoms with van der Waals surface area (Å²) in [4.78, 5) is 4.14. The lowest BCUT2D eigenvalue weighted by Crippen LogP contribution is -1.98. The average Bonchev–Trinajstić information content (AvgIpc) is 2.16. The Morgan fingerprint density at radius 3 is 2.23 bits per heavy atom. The SMILES string of the molecule is COc1cc(C)nc(OC)c1OC. The van der Waals surface area contributed by atoms with Crippen LogP contribution in [0.2, 0.25) is 0 Å². The molecular weight excluding hydrogens is 170 g/mol. The Morgan fingerprint density at radius 2 is 1.77 bits per heavy atom. The van der Waals surface area contributed by atoms with Crippen LogP contribution in [-0.4, -0.2) is 26.3 Å². The Kier molecular flexibility index (Phi) is 2.95. The summed E-state index contributed by atoms with van der Waals surface area (Å²) in [6, 6.07) is 1.79. The van der Waals surface area contributed by atoms with Crippen LogP contribution in [-0.2, 0) is 0 Å². The largest absolute Gasteiger partial charge is 0.493 e. The van der Waals surface area contributed by atoms with Crippen molar-refractivity contribution >= 4 is 0 Å². The van der Waals surface area contributed by atoms with Gasteiger partial charge < -0.3 is 14.2 Å². The monoisotopic (exact) mass is 183 g/mol. The average molecular weight is 183 g/mol. The normalized spacial score (nSPS) is 9.54. The smallest absolute Gasteiger partial charge is 0.260 e. The summed E-state index contributed by atoms with van der Waals surface area (Å²) in [6.45, 7) is 1.87. The van der Waals surface area contributed by atoms with E-state index in [1.54, 1.807) is 27.4 Å². The maximum atomic E-state index is 5.11. The molecule has 0 radical (unpaired) electrons. The van der Waals surface area contributed by atoms with Crippen molar-refractivity contribution in [1.29, 1.82) is 0 Å². The van der Waals surface area contributed by atoms with E-state index in [9.17, 15) is 0 Å². The van der Waals surface area contributed by atoms with Gasteiger partial charge in [0.05, 0.1) is 21.3 Å². The van der Waals surface area contributed by atoms with Crippen molar-refractivity contribution < 1.29 is 14.2 Å². The van der Waals surface area contributed by atoms with Crippen LogP contribution in [0.4, 0.5) is 0 Å². The fourth-order valence-electron chi connectivity index (χ4n) is 1.08. The van der Waals surface area contributed by atoms with Crippen LogP contribution in [0.25, 0.3) is 0 Å². The number of pyridine rings is 1. The molecule has 1 aromatic rings. The van der Waals surface area contributed by atoms with Gasteiger partial charge in [-0.05, 0) is 6.92 Å². The van der Waals surface area contributed by atoms with Crippen LogP contribution < -0.4 is 14.2 Å². The van der Waals surface area contributed by atoms with E-state index in [0.717, 1.165) is 5.69 Å². The maximum Gasteiger partial charge on any atom is 0.260 e. The number of hydrogen-bond donors (Lipinski definition) is 0. The third-order valence-electron chi connectivity index (χ3n) is 1.65. The van der Waals surface area contributed by atoms with Crippen LogP contribution >= 0.6 is 0 Å². The molecule has 0 fully saturated rings. The molecule has 1 heterocycles. The fourth-order valence-corrected chi connectivity index (χ4v) is 1.08. The Balaban J connectivity index is 3.25. The summed E-state index contributed by atoms with van der Waals surface area (Å²) in [5.41, 5.74) is 0.828. The van der Waals surface area contributed by atoms with Crippen LogP contribution in [0.3, 0.4) is 0 Å². The number of nitrogens with zero attached hydrogens (tertiary/aromatic N) is 1. The van der Waals surface area contributed by atoms with Gasteiger partial charge in [0, 0.05) is 11.8 Å². The molecule has 0 saturated heterocycles. The first-order valence-corrected chi connectivity index (χ1v) is 3.86. The molecule has 4 nitrogen and oxygen atoms in total. The summed E-state index contributed by atoms with van der Waals surface area (Å²) < 4.78 is 15.3. The standard InChI is InChI=1S/C9H13NO3/c1-6-5-7(11-2)8(12-3)9(10-6)13-4/h5H,1-4H3. The summed E-state index contributed by atoms with van der Waals surface area (Å²) in [5, 5.41) is 0. The maximum absolute atomic E-state index is 5.11. The molecule has 0 amide bonds. The lowest BCUT2D eigenvalue weighted by atomic mass is 10.3. The highest BCUT2D eigenvalue weighted by Crippen LogP contribution is 2.35. The second-order valence-corrected chi connectivity index (χ2v) is 2.51. The van der Waals surface area contributed by atoms with Gasteiger partial charge in [-0.15, -0.1) is 0 Å². The van der Waals surface area contributed by atoms with Gasteiger partial charge in [0.2, 0.25) is 5.75 Å². The molecule has 0 bridgehead atoms. The third kappa shape index (κ3) is 1.83. The summed E-state index contributed by atoms with van der Waals surface area (Å²) >= 11 is 0. The van der Waals surface area contributed by atoms with E-state index in [-0.39, 0.29) is 0 Å². The van der Waals surface area contributed by atoms with E-state index in [1.165, 1.54) is 0 Å². The fraction of sp³-hybridized carbons (Fsp3) is 0.444. The van der Waals surface area contributed by atoms with Crippen LogP contribution in [0.15, 0.2) is 6.07 Å². The molecule has 0 unspecified atom stereocenters. The van der Waals surface area contributed by atoms with Crippen molar-refractivity contribution in [3.8, 4) is 17.4 Å². The van der Waals surface area contributed by atoms with Gasteiger partial charge in [0.15, 0.2) is 5.75 Å². The molecule has 4 heteroatoms. The van der Waals surface area contributed by atoms with Crippen LogP contribution in [0, 0.1) is 6.92 Å². The molecule has 0 saturated carbocycles. The minimum Gasteiger partial charge on any atom is -0.493 e. The first-order chi connectivity index (χ1) is 6.22. The number of ether oxygens (including phenoxy) is 3. The topological polar surface area (TPSA) is 40.6 Å². The molecule has 0 aromatic carbocycles. The zero-order valence-corrected chi connectivity index (χ0v) is 8.25. The first-order valence-electron chi connectivity index (χ1n) is 3.86. The molecule has 0 spiro atoms. The Bertz CT molecular complexity index is 274. The number of methoxy groups -OCH3 is 3. The second kappa shape index (κ2) is 3.98. The van der Waals surface area contributed by atoms with Crippen molar-refractivity contribution in [2.24, 2.45) is 0 Å². The first kappa shape index (κ1) is 9.64. The Hall–Kier alpha value is -1.45. The molecule has 13 heavy (non-hydrogen) atoms. The number of hydrogen-bond acceptors (Lipinski definition) is 4. The van der Waals surface area contributed by atoms with Crippen LogP contribution in [0.1, 0.15) is 5.69 Å². The minimum atomic E-state index is 0.444. The number of aromatic nitrogens is 1. The Morgan fingerprint density at radius 1 is 1.08 bits per heavy atom. The minimum absolute atomic E-state index is 0.444. The van der Waals surface area contributed by atoms with Gasteiger partial charge >= 0.3 is 0 Å². The lowest BCUT2D eigenvalue weighted by molar-refractivity contribution is 0.315. The van der Waals surface area contributed by atoms with Gasteiger partial charge in [-0.1, -0.05) is 0 Å². The quantitative estimate of drug-likeness (QED) is 0.710. The molecule has 0 N–H and O–H groups in total. The molecule has 72 valence electrons. The molecular formula is C9H13NO3. The summed E-state index contributed by atoms with van der Waals surface area (Å²) in [6.07, 6.45) is 0. The van der Waals surface area contributed by atoms with Crippen molar-refractivity contribution in [2.75, 3.05) is 21.3 Å². The zero-order valence-electron chi connectivity index (χ0n) is 8.25. The van der Waals surface area contributed by atoms with Crippen molar-refractivity contribution in [1.82, 2.24) is 4.98 Å². The number of rotatable bonds is 3. The van der Waals surface area contributed by atoms with Gasteiger partial charge in [-0.25, -0.2) is 4.98 Å².